The molecule has 0 bridgehead atoms. The quantitative estimate of drug-likeness (QED) is 0.740. The molecule has 1 heterocycles. The van der Waals surface area contributed by atoms with Crippen LogP contribution < -0.4 is 5.32 Å². The Balaban J connectivity index is 2.63. The van der Waals surface area contributed by atoms with E-state index in [9.17, 15) is 9.59 Å². The fourth-order valence-electron chi connectivity index (χ4n) is 1.04. The Labute approximate surface area is 87.8 Å². The Morgan fingerprint density at radius 3 is 2.80 bits per heavy atom. The highest BCUT2D eigenvalue weighted by molar-refractivity contribution is 5.93. The maximum Gasteiger partial charge on any atom is 0.354 e. The molecule has 1 aromatic heterocycles. The fourth-order valence-corrected chi connectivity index (χ4v) is 1.04. The topological polar surface area (TPSA) is 71.2 Å². The third kappa shape index (κ3) is 3.12. The van der Waals surface area contributed by atoms with Crippen molar-refractivity contribution in [2.45, 2.75) is 20.3 Å². The van der Waals surface area contributed by atoms with Crippen LogP contribution in [0, 0.1) is 0 Å². The van der Waals surface area contributed by atoms with Crippen LogP contribution in [-0.4, -0.2) is 23.5 Å². The number of amides is 1. The number of anilines is 1. The first-order chi connectivity index (χ1) is 7.17. The van der Waals surface area contributed by atoms with Crippen LogP contribution >= 0.6 is 0 Å². The standard InChI is InChI=1S/C10H14N2O3/c1-3-9(13)12-7-5-8(11-6-7)10(14)15-4-2/h5-6,11H,3-4H2,1-2H3,(H,12,13). The van der Waals surface area contributed by atoms with Gasteiger partial charge in [-0.1, -0.05) is 6.92 Å². The van der Waals surface area contributed by atoms with Crippen molar-refractivity contribution < 1.29 is 14.3 Å². The Hall–Kier alpha value is -1.78. The number of nitrogens with one attached hydrogen (secondary N) is 2. The second-order valence-corrected chi connectivity index (χ2v) is 2.92. The summed E-state index contributed by atoms with van der Waals surface area (Å²) in [6, 6.07) is 1.55. The molecule has 5 nitrogen and oxygen atoms in total. The lowest BCUT2D eigenvalue weighted by Gasteiger charge is -1.98. The van der Waals surface area contributed by atoms with Crippen LogP contribution in [0.2, 0.25) is 0 Å². The summed E-state index contributed by atoms with van der Waals surface area (Å²) in [6.45, 7) is 3.82. The first kappa shape index (κ1) is 11.3. The monoisotopic (exact) mass is 210 g/mol. The minimum Gasteiger partial charge on any atom is -0.461 e. The van der Waals surface area contributed by atoms with E-state index in [4.69, 9.17) is 4.74 Å². The second-order valence-electron chi connectivity index (χ2n) is 2.92. The molecule has 0 atom stereocenters. The summed E-state index contributed by atoms with van der Waals surface area (Å²) in [7, 11) is 0. The third-order valence-corrected chi connectivity index (χ3v) is 1.78. The van der Waals surface area contributed by atoms with Gasteiger partial charge in [-0.3, -0.25) is 4.79 Å². The number of aromatic amines is 1. The van der Waals surface area contributed by atoms with E-state index < -0.39 is 5.97 Å². The molecule has 0 spiro atoms. The second kappa shape index (κ2) is 5.19. The first-order valence-electron chi connectivity index (χ1n) is 4.82. The highest BCUT2D eigenvalue weighted by Crippen LogP contribution is 2.10. The van der Waals surface area contributed by atoms with Crippen LogP contribution in [0.3, 0.4) is 0 Å². The van der Waals surface area contributed by atoms with Gasteiger partial charge in [0.15, 0.2) is 0 Å². The molecule has 0 aliphatic rings. The smallest absolute Gasteiger partial charge is 0.354 e. The highest BCUT2D eigenvalue weighted by Gasteiger charge is 2.09. The molecule has 0 aliphatic carbocycles. The van der Waals surface area contributed by atoms with Gasteiger partial charge in [0.1, 0.15) is 5.69 Å². The summed E-state index contributed by atoms with van der Waals surface area (Å²) in [5, 5.41) is 2.63. The first-order valence-corrected chi connectivity index (χ1v) is 4.82. The zero-order valence-corrected chi connectivity index (χ0v) is 8.79. The van der Waals surface area contributed by atoms with Crippen LogP contribution in [0.15, 0.2) is 12.3 Å². The van der Waals surface area contributed by atoms with Crippen molar-refractivity contribution in [2.75, 3.05) is 11.9 Å². The number of aromatic nitrogens is 1. The van der Waals surface area contributed by atoms with Crippen molar-refractivity contribution in [1.29, 1.82) is 0 Å². The summed E-state index contributed by atoms with van der Waals surface area (Å²) in [5.41, 5.74) is 0.910. The van der Waals surface area contributed by atoms with Crippen molar-refractivity contribution in [3.8, 4) is 0 Å². The number of hydrogen-bond donors (Lipinski definition) is 2. The van der Waals surface area contributed by atoms with E-state index in [1.165, 1.54) is 0 Å². The fraction of sp³-hybridized carbons (Fsp3) is 0.400. The number of ether oxygens (including phenoxy) is 1. The van der Waals surface area contributed by atoms with Crippen molar-refractivity contribution in [2.24, 2.45) is 0 Å². The average Bonchev–Trinajstić information content (AvgIpc) is 2.66. The number of H-pyrrole nitrogens is 1. The van der Waals surface area contributed by atoms with Gasteiger partial charge in [-0.15, -0.1) is 0 Å². The van der Waals surface area contributed by atoms with E-state index >= 15 is 0 Å². The number of carbonyl (C=O) groups excluding carboxylic acids is 2. The van der Waals surface area contributed by atoms with E-state index in [0.29, 0.717) is 24.4 Å². The van der Waals surface area contributed by atoms with E-state index in [0.717, 1.165) is 0 Å². The van der Waals surface area contributed by atoms with Gasteiger partial charge in [0.25, 0.3) is 0 Å². The lowest BCUT2D eigenvalue weighted by molar-refractivity contribution is -0.115. The maximum atomic E-state index is 11.2. The molecular weight excluding hydrogens is 196 g/mol. The summed E-state index contributed by atoms with van der Waals surface area (Å²) in [4.78, 5) is 25.0. The molecule has 0 radical (unpaired) electrons. The zero-order chi connectivity index (χ0) is 11.3. The molecule has 0 saturated heterocycles. The van der Waals surface area contributed by atoms with Gasteiger partial charge in [0.05, 0.1) is 12.3 Å². The largest absolute Gasteiger partial charge is 0.461 e. The van der Waals surface area contributed by atoms with Gasteiger partial charge in [-0.25, -0.2) is 4.79 Å². The zero-order valence-electron chi connectivity index (χ0n) is 8.79. The summed E-state index contributed by atoms with van der Waals surface area (Å²) >= 11 is 0. The van der Waals surface area contributed by atoms with Crippen LogP contribution in [-0.2, 0) is 9.53 Å². The SMILES string of the molecule is CCOC(=O)c1cc(NC(=O)CC)c[nH]1. The lowest BCUT2D eigenvalue weighted by Crippen LogP contribution is -2.08. The number of rotatable bonds is 4. The maximum absolute atomic E-state index is 11.2. The third-order valence-electron chi connectivity index (χ3n) is 1.78. The molecule has 1 aromatic rings. The number of hydrogen-bond acceptors (Lipinski definition) is 3. The average molecular weight is 210 g/mol. The van der Waals surface area contributed by atoms with Gasteiger partial charge in [-0.2, -0.15) is 0 Å². The van der Waals surface area contributed by atoms with Crippen LogP contribution in [0.4, 0.5) is 5.69 Å². The summed E-state index contributed by atoms with van der Waals surface area (Å²) < 4.78 is 4.79. The molecule has 1 amide bonds. The molecule has 1 rings (SSSR count). The molecule has 5 heteroatoms. The minimum absolute atomic E-state index is 0.0931. The van der Waals surface area contributed by atoms with Gasteiger partial charge in [-0.05, 0) is 13.0 Å². The van der Waals surface area contributed by atoms with E-state index in [1.54, 1.807) is 26.1 Å². The Morgan fingerprint density at radius 1 is 1.47 bits per heavy atom. The van der Waals surface area contributed by atoms with E-state index in [-0.39, 0.29) is 5.91 Å². The molecule has 15 heavy (non-hydrogen) atoms. The Morgan fingerprint density at radius 2 is 2.20 bits per heavy atom. The molecule has 0 fully saturated rings. The molecule has 0 aliphatic heterocycles. The molecule has 2 N–H and O–H groups in total. The van der Waals surface area contributed by atoms with Crippen molar-refractivity contribution in [3.05, 3.63) is 18.0 Å². The molecule has 82 valence electrons. The molecular formula is C10H14N2O3. The highest BCUT2D eigenvalue weighted by atomic mass is 16.5. The lowest BCUT2D eigenvalue weighted by atomic mass is 10.4. The summed E-state index contributed by atoms with van der Waals surface area (Å²) in [5.74, 6) is -0.515. The van der Waals surface area contributed by atoms with E-state index in [2.05, 4.69) is 10.3 Å². The molecule has 0 saturated carbocycles. The number of esters is 1. The van der Waals surface area contributed by atoms with Gasteiger partial charge < -0.3 is 15.0 Å². The van der Waals surface area contributed by atoms with Crippen LogP contribution in [0.5, 0.6) is 0 Å². The van der Waals surface area contributed by atoms with Crippen molar-refractivity contribution >= 4 is 17.6 Å². The van der Waals surface area contributed by atoms with Gasteiger partial charge >= 0.3 is 5.97 Å². The van der Waals surface area contributed by atoms with Crippen molar-refractivity contribution in [3.63, 3.8) is 0 Å². The van der Waals surface area contributed by atoms with Crippen LogP contribution in [0.1, 0.15) is 30.8 Å². The van der Waals surface area contributed by atoms with Gasteiger partial charge in [0.2, 0.25) is 5.91 Å². The molecule has 0 unspecified atom stereocenters. The predicted octanol–water partition coefficient (Wildman–Crippen LogP) is 1.54. The Bertz CT molecular complexity index is 357. The Kier molecular flexibility index (Phi) is 3.91. The minimum atomic E-state index is -0.422. The number of carbonyl (C=O) groups is 2. The normalized spacial score (nSPS) is 9.73. The summed E-state index contributed by atoms with van der Waals surface area (Å²) in [6.07, 6.45) is 1.96. The van der Waals surface area contributed by atoms with Crippen molar-refractivity contribution in [1.82, 2.24) is 4.98 Å². The predicted molar refractivity (Wildman–Crippen MR) is 55.7 cm³/mol. The van der Waals surface area contributed by atoms with Crippen LogP contribution in [0.25, 0.3) is 0 Å². The van der Waals surface area contributed by atoms with E-state index in [1.807, 2.05) is 0 Å². The molecule has 0 aromatic carbocycles. The van der Waals surface area contributed by atoms with Gasteiger partial charge in [0, 0.05) is 12.6 Å².